The largest absolute Gasteiger partial charge is 0.346 e. The topological polar surface area (TPSA) is 155 Å². The van der Waals surface area contributed by atoms with Crippen LogP contribution in [0.5, 0.6) is 0 Å². The number of aryl methyl sites for hydroxylation is 2. The van der Waals surface area contributed by atoms with Crippen molar-refractivity contribution in [2.75, 3.05) is 5.32 Å². The van der Waals surface area contributed by atoms with Gasteiger partial charge in [0.1, 0.15) is 11.9 Å². The molecular weight excluding hydrogens is 478 g/mol. The number of carbonyl (C=O) groups excluding carboxylic acids is 2. The first kappa shape index (κ1) is 23.4. The molecule has 4 aliphatic carbocycles. The average Bonchev–Trinajstić information content (AvgIpc) is 3.55. The molecule has 4 saturated carbocycles. The van der Waals surface area contributed by atoms with Crippen LogP contribution in [-0.4, -0.2) is 46.1 Å². The summed E-state index contributed by atoms with van der Waals surface area (Å²) in [5.74, 6) is 0.664. The Morgan fingerprint density at radius 3 is 2.32 bits per heavy atom. The van der Waals surface area contributed by atoms with E-state index in [0.717, 1.165) is 24.8 Å². The fourth-order valence-electron chi connectivity index (χ4n) is 7.06. The molecule has 4 aliphatic rings. The summed E-state index contributed by atoms with van der Waals surface area (Å²) in [6.45, 7) is 0.242. The zero-order chi connectivity index (χ0) is 25.9. The third-order valence-corrected chi connectivity index (χ3v) is 8.21. The van der Waals surface area contributed by atoms with Crippen LogP contribution in [0.2, 0.25) is 0 Å². The molecule has 2 amide bonds. The van der Waals surface area contributed by atoms with Crippen LogP contribution in [0, 0.1) is 27.9 Å². The average molecular weight is 508 g/mol. The van der Waals surface area contributed by atoms with Crippen molar-refractivity contribution in [3.63, 3.8) is 0 Å². The molecule has 3 aromatic heterocycles. The molecule has 13 nitrogen and oxygen atoms in total. The number of carbonyl (C=O) groups is 2. The van der Waals surface area contributed by atoms with Crippen molar-refractivity contribution < 1.29 is 14.5 Å². The first-order valence-corrected chi connectivity index (χ1v) is 12.5. The van der Waals surface area contributed by atoms with Crippen LogP contribution >= 0.6 is 0 Å². The van der Waals surface area contributed by atoms with Crippen LogP contribution in [-0.2, 0) is 26.2 Å². The maximum Gasteiger partial charge on any atom is 0.320 e. The molecule has 194 valence electrons. The number of hydrogen-bond donors (Lipinski definition) is 2. The molecule has 7 rings (SSSR count). The van der Waals surface area contributed by atoms with Gasteiger partial charge in [-0.05, 0) is 56.3 Å². The molecule has 0 saturated heterocycles. The van der Waals surface area contributed by atoms with Crippen molar-refractivity contribution >= 4 is 23.2 Å². The molecule has 2 N–H and O–H groups in total. The van der Waals surface area contributed by atoms with Gasteiger partial charge >= 0.3 is 5.69 Å². The van der Waals surface area contributed by atoms with E-state index in [1.165, 1.54) is 36.3 Å². The maximum absolute atomic E-state index is 13.3. The van der Waals surface area contributed by atoms with Crippen molar-refractivity contribution in [1.82, 2.24) is 34.7 Å². The van der Waals surface area contributed by atoms with Crippen molar-refractivity contribution in [3.8, 4) is 0 Å². The molecule has 4 fully saturated rings. The summed E-state index contributed by atoms with van der Waals surface area (Å²) < 4.78 is 4.68. The van der Waals surface area contributed by atoms with E-state index < -0.39 is 16.7 Å². The van der Waals surface area contributed by atoms with E-state index in [1.54, 1.807) is 35.9 Å². The van der Waals surface area contributed by atoms with Crippen LogP contribution in [0.15, 0.2) is 24.8 Å². The molecule has 0 aromatic carbocycles. The van der Waals surface area contributed by atoms with Crippen molar-refractivity contribution in [1.29, 1.82) is 0 Å². The van der Waals surface area contributed by atoms with Crippen LogP contribution < -0.4 is 10.6 Å². The lowest BCUT2D eigenvalue weighted by Crippen LogP contribution is -2.52. The van der Waals surface area contributed by atoms with Crippen LogP contribution in [0.4, 0.5) is 11.4 Å². The van der Waals surface area contributed by atoms with Gasteiger partial charge in [-0.1, -0.05) is 0 Å². The van der Waals surface area contributed by atoms with Crippen molar-refractivity contribution in [3.05, 3.63) is 51.9 Å². The molecule has 0 spiro atoms. The normalized spacial score (nSPS) is 25.8. The fourth-order valence-corrected chi connectivity index (χ4v) is 7.06. The van der Waals surface area contributed by atoms with Gasteiger partial charge in [-0.3, -0.25) is 33.7 Å². The number of hydrogen-bond acceptors (Lipinski definition) is 7. The molecule has 4 bridgehead atoms. The first-order chi connectivity index (χ1) is 17.7. The van der Waals surface area contributed by atoms with Gasteiger partial charge in [0.25, 0.3) is 11.8 Å². The Balaban J connectivity index is 1.24. The molecule has 0 unspecified atom stereocenters. The molecule has 37 heavy (non-hydrogen) atoms. The summed E-state index contributed by atoms with van der Waals surface area (Å²) in [4.78, 5) is 37.5. The van der Waals surface area contributed by atoms with Gasteiger partial charge < -0.3 is 10.6 Å². The Labute approximate surface area is 212 Å². The highest BCUT2D eigenvalue weighted by Gasteiger charge is 2.53. The second-order valence-corrected chi connectivity index (χ2v) is 10.9. The minimum Gasteiger partial charge on any atom is -0.346 e. The molecule has 13 heteroatoms. The van der Waals surface area contributed by atoms with E-state index >= 15 is 0 Å². The molecule has 3 aromatic rings. The summed E-state index contributed by atoms with van der Waals surface area (Å²) >= 11 is 0. The molecule has 0 atom stereocenters. The van der Waals surface area contributed by atoms with Gasteiger partial charge in [-0.25, -0.2) is 0 Å². The lowest BCUT2D eigenvalue weighted by molar-refractivity contribution is -0.385. The number of aromatic nitrogens is 6. The van der Waals surface area contributed by atoms with Crippen molar-refractivity contribution in [2.45, 2.75) is 50.6 Å². The second kappa shape index (κ2) is 8.53. The van der Waals surface area contributed by atoms with Gasteiger partial charge in [0.05, 0.1) is 28.5 Å². The number of anilines is 1. The second-order valence-electron chi connectivity index (χ2n) is 10.9. The van der Waals surface area contributed by atoms with E-state index in [0.29, 0.717) is 17.8 Å². The zero-order valence-corrected chi connectivity index (χ0v) is 20.8. The highest BCUT2D eigenvalue weighted by molar-refractivity contribution is 6.09. The number of nitrogens with one attached hydrogen (secondary N) is 2. The predicted molar refractivity (Wildman–Crippen MR) is 131 cm³/mol. The number of amides is 2. The van der Waals surface area contributed by atoms with E-state index in [4.69, 9.17) is 0 Å². The first-order valence-electron chi connectivity index (χ1n) is 12.5. The van der Waals surface area contributed by atoms with Gasteiger partial charge in [0.15, 0.2) is 0 Å². The summed E-state index contributed by atoms with van der Waals surface area (Å²) in [7, 11) is 3.36. The standard InChI is InChI=1S/C24H29N9O4/c1-30-12-17(10-26-30)9-25-23(35)21-18(11-27-31(21)2)28-22(34)20-19(33(36)37)13-32(29-20)24-6-14-3-15(7-24)5-16(4-14)8-24/h10-16H,3-9H2,1-2H3,(H,25,35)(H,28,34). The van der Waals surface area contributed by atoms with E-state index in [2.05, 4.69) is 25.9 Å². The van der Waals surface area contributed by atoms with Gasteiger partial charge in [-0.15, -0.1) is 0 Å². The summed E-state index contributed by atoms with van der Waals surface area (Å²) in [5.41, 5.74) is 0.236. The summed E-state index contributed by atoms with van der Waals surface area (Å²) in [6.07, 6.45) is 12.7. The Bertz CT molecular complexity index is 1370. The molecule has 0 radical (unpaired) electrons. The minimum absolute atomic E-state index is 0.125. The monoisotopic (exact) mass is 507 g/mol. The zero-order valence-electron chi connectivity index (χ0n) is 20.8. The predicted octanol–water partition coefficient (Wildman–Crippen LogP) is 2.37. The van der Waals surface area contributed by atoms with E-state index in [-0.39, 0.29) is 34.8 Å². The summed E-state index contributed by atoms with van der Waals surface area (Å²) in [6, 6.07) is 0. The van der Waals surface area contributed by atoms with Gasteiger partial charge in [-0.2, -0.15) is 15.3 Å². The Morgan fingerprint density at radius 2 is 1.73 bits per heavy atom. The van der Waals surface area contributed by atoms with Crippen LogP contribution in [0.25, 0.3) is 0 Å². The SMILES string of the molecule is Cn1cc(CNC(=O)c2c(NC(=O)c3nn(C45CC6CC(CC(C6)C4)C5)cc3[N+](=O)[O-])cnn2C)cn1. The molecule has 3 heterocycles. The number of rotatable bonds is 7. The molecular formula is C24H29N9O4. The number of nitro groups is 1. The highest BCUT2D eigenvalue weighted by Crippen LogP contribution is 2.58. The third kappa shape index (κ3) is 4.07. The Morgan fingerprint density at radius 1 is 1.05 bits per heavy atom. The lowest BCUT2D eigenvalue weighted by Gasteiger charge is -2.56. The van der Waals surface area contributed by atoms with E-state index in [1.807, 2.05) is 0 Å². The Kier molecular flexibility index (Phi) is 5.39. The highest BCUT2D eigenvalue weighted by atomic mass is 16.6. The van der Waals surface area contributed by atoms with Crippen LogP contribution in [0.3, 0.4) is 0 Å². The van der Waals surface area contributed by atoms with Gasteiger partial charge in [0, 0.05) is 32.4 Å². The van der Waals surface area contributed by atoms with Gasteiger partial charge in [0.2, 0.25) is 5.69 Å². The quantitative estimate of drug-likeness (QED) is 0.367. The minimum atomic E-state index is -0.746. The molecule has 0 aliphatic heterocycles. The third-order valence-electron chi connectivity index (χ3n) is 8.21. The Hall–Kier alpha value is -4.03. The lowest BCUT2D eigenvalue weighted by atomic mass is 9.53. The van der Waals surface area contributed by atoms with Crippen molar-refractivity contribution in [2.24, 2.45) is 31.8 Å². The summed E-state index contributed by atoms with van der Waals surface area (Å²) in [5, 5.41) is 30.0. The van der Waals surface area contributed by atoms with E-state index in [9.17, 15) is 19.7 Å². The smallest absolute Gasteiger partial charge is 0.320 e. The fraction of sp³-hybridized carbons (Fsp3) is 0.542. The maximum atomic E-state index is 13.3. The van der Waals surface area contributed by atoms with Crippen LogP contribution in [0.1, 0.15) is 65.1 Å². The number of nitrogens with zero attached hydrogens (tertiary/aromatic N) is 7.